The van der Waals surface area contributed by atoms with Crippen LogP contribution in [0.1, 0.15) is 16.2 Å². The number of carboxylic acid groups (broad SMARTS) is 1. The lowest BCUT2D eigenvalue weighted by molar-refractivity contribution is 0.0688. The Morgan fingerprint density at radius 3 is 3.16 bits per heavy atom. The Hall–Kier alpha value is -2.90. The number of carboxylic acids is 1. The molecule has 1 aliphatic rings. The van der Waals surface area contributed by atoms with Crippen molar-refractivity contribution in [2.75, 3.05) is 5.32 Å². The standard InChI is InChI=1S/C11H9N5O3/c17-10(18)8-7(2-1-3-12-8)19-11-13-4-6-9(16-11)15-5-14-6/h1-3,5H,4H2,(H,13,16)(H,14,15)(H,17,18). The van der Waals surface area contributed by atoms with Gasteiger partial charge in [0, 0.05) is 6.20 Å². The molecule has 8 heteroatoms. The SMILES string of the molecule is O=C(O)c1ncccc1OC1=NCc2[nH]cnc2N1. The van der Waals surface area contributed by atoms with Gasteiger partial charge in [-0.05, 0) is 12.1 Å². The van der Waals surface area contributed by atoms with Crippen molar-refractivity contribution in [2.24, 2.45) is 4.99 Å². The van der Waals surface area contributed by atoms with Gasteiger partial charge in [-0.2, -0.15) is 0 Å². The van der Waals surface area contributed by atoms with Crippen molar-refractivity contribution in [2.45, 2.75) is 6.54 Å². The van der Waals surface area contributed by atoms with Gasteiger partial charge in [0.1, 0.15) is 0 Å². The molecule has 0 saturated carbocycles. The zero-order valence-electron chi connectivity index (χ0n) is 9.62. The first kappa shape index (κ1) is 11.2. The van der Waals surface area contributed by atoms with E-state index in [1.54, 1.807) is 12.4 Å². The zero-order valence-corrected chi connectivity index (χ0v) is 9.62. The molecule has 3 rings (SSSR count). The van der Waals surface area contributed by atoms with Crippen LogP contribution in [0.2, 0.25) is 0 Å². The topological polar surface area (TPSA) is 112 Å². The summed E-state index contributed by atoms with van der Waals surface area (Å²) in [6.45, 7) is 0.389. The molecule has 0 bridgehead atoms. The molecular weight excluding hydrogens is 250 g/mol. The van der Waals surface area contributed by atoms with Crippen molar-refractivity contribution in [3.05, 3.63) is 36.0 Å². The van der Waals surface area contributed by atoms with Gasteiger partial charge in [-0.1, -0.05) is 0 Å². The third-order valence-electron chi connectivity index (χ3n) is 2.50. The molecule has 0 aliphatic carbocycles. The number of imidazole rings is 1. The molecule has 19 heavy (non-hydrogen) atoms. The highest BCUT2D eigenvalue weighted by Gasteiger charge is 2.18. The number of aromatic amines is 1. The molecule has 3 heterocycles. The average molecular weight is 259 g/mol. The summed E-state index contributed by atoms with van der Waals surface area (Å²) in [6, 6.07) is 3.29. The maximum absolute atomic E-state index is 11.0. The number of hydrogen-bond donors (Lipinski definition) is 3. The fourth-order valence-electron chi connectivity index (χ4n) is 1.64. The van der Waals surface area contributed by atoms with E-state index in [4.69, 9.17) is 9.84 Å². The first-order valence-electron chi connectivity index (χ1n) is 5.44. The third-order valence-corrected chi connectivity index (χ3v) is 2.50. The molecule has 0 fully saturated rings. The highest BCUT2D eigenvalue weighted by molar-refractivity contribution is 5.94. The molecule has 2 aromatic heterocycles. The molecule has 0 amide bonds. The number of pyridine rings is 1. The largest absolute Gasteiger partial charge is 0.476 e. The number of aromatic nitrogens is 3. The summed E-state index contributed by atoms with van der Waals surface area (Å²) in [5, 5.41) is 11.9. The Morgan fingerprint density at radius 2 is 2.32 bits per heavy atom. The lowest BCUT2D eigenvalue weighted by Crippen LogP contribution is -2.24. The van der Waals surface area contributed by atoms with Gasteiger partial charge < -0.3 is 14.8 Å². The number of ether oxygens (including phenoxy) is 1. The second-order valence-electron chi connectivity index (χ2n) is 3.73. The third kappa shape index (κ3) is 2.10. The van der Waals surface area contributed by atoms with Crippen molar-refractivity contribution < 1.29 is 14.6 Å². The molecule has 3 N–H and O–H groups in total. The van der Waals surface area contributed by atoms with Gasteiger partial charge in [0.25, 0.3) is 6.02 Å². The predicted molar refractivity (Wildman–Crippen MR) is 65.2 cm³/mol. The molecule has 1 aliphatic heterocycles. The van der Waals surface area contributed by atoms with Gasteiger partial charge >= 0.3 is 5.97 Å². The van der Waals surface area contributed by atoms with Crippen LogP contribution < -0.4 is 10.1 Å². The Morgan fingerprint density at radius 1 is 1.42 bits per heavy atom. The Balaban J connectivity index is 1.83. The number of amidine groups is 1. The minimum atomic E-state index is -1.16. The van der Waals surface area contributed by atoms with Crippen LogP contribution in [-0.4, -0.2) is 32.0 Å². The maximum atomic E-state index is 11.0. The fourth-order valence-corrected chi connectivity index (χ4v) is 1.64. The number of H-pyrrole nitrogens is 1. The lowest BCUT2D eigenvalue weighted by Gasteiger charge is -2.14. The summed E-state index contributed by atoms with van der Waals surface area (Å²) in [7, 11) is 0. The summed E-state index contributed by atoms with van der Waals surface area (Å²) in [5.74, 6) is -0.418. The molecule has 0 spiro atoms. The first-order chi connectivity index (χ1) is 9.24. The number of fused-ring (bicyclic) bond motifs is 1. The number of nitrogens with zero attached hydrogens (tertiary/aromatic N) is 3. The van der Waals surface area contributed by atoms with Gasteiger partial charge in [0.05, 0.1) is 18.6 Å². The van der Waals surface area contributed by atoms with Crippen LogP contribution in [0.3, 0.4) is 0 Å². The summed E-state index contributed by atoms with van der Waals surface area (Å²) in [5.41, 5.74) is 0.678. The van der Waals surface area contributed by atoms with E-state index in [0.717, 1.165) is 5.69 Å². The summed E-state index contributed by atoms with van der Waals surface area (Å²) >= 11 is 0. The van der Waals surface area contributed by atoms with Gasteiger partial charge in [0.15, 0.2) is 17.3 Å². The second-order valence-corrected chi connectivity index (χ2v) is 3.73. The van der Waals surface area contributed by atoms with Crippen LogP contribution in [-0.2, 0) is 6.54 Å². The van der Waals surface area contributed by atoms with Crippen LogP contribution in [0.4, 0.5) is 5.82 Å². The number of rotatable bonds is 2. The highest BCUT2D eigenvalue weighted by Crippen LogP contribution is 2.19. The smallest absolute Gasteiger partial charge is 0.358 e. The molecule has 2 aromatic rings. The Labute approximate surface area is 107 Å². The van der Waals surface area contributed by atoms with Crippen LogP contribution in [0.15, 0.2) is 29.6 Å². The van der Waals surface area contributed by atoms with Gasteiger partial charge in [-0.3, -0.25) is 5.32 Å². The van der Waals surface area contributed by atoms with E-state index in [9.17, 15) is 4.79 Å². The zero-order chi connectivity index (χ0) is 13.2. The number of nitrogens with one attached hydrogen (secondary N) is 2. The van der Waals surface area contributed by atoms with E-state index in [1.165, 1.54) is 12.3 Å². The number of anilines is 1. The van der Waals surface area contributed by atoms with Crippen LogP contribution in [0.5, 0.6) is 5.75 Å². The van der Waals surface area contributed by atoms with Crippen LogP contribution in [0.25, 0.3) is 0 Å². The minimum absolute atomic E-state index is 0.125. The minimum Gasteiger partial charge on any atom is -0.476 e. The molecule has 0 aromatic carbocycles. The molecule has 0 saturated heterocycles. The number of aliphatic imine (C=N–C) groups is 1. The summed E-state index contributed by atoms with van der Waals surface area (Å²) in [6.07, 6.45) is 2.93. The normalized spacial score (nSPS) is 13.2. The first-order valence-corrected chi connectivity index (χ1v) is 5.44. The number of aromatic carboxylic acids is 1. The number of hydrogen-bond acceptors (Lipinski definition) is 6. The van der Waals surface area contributed by atoms with Crippen molar-refractivity contribution in [1.82, 2.24) is 15.0 Å². The molecule has 0 radical (unpaired) electrons. The van der Waals surface area contributed by atoms with Crippen LogP contribution >= 0.6 is 0 Å². The molecular formula is C11H9N5O3. The van der Waals surface area contributed by atoms with Crippen molar-refractivity contribution in [3.8, 4) is 5.75 Å². The van der Waals surface area contributed by atoms with Gasteiger partial charge in [-0.25, -0.2) is 19.8 Å². The van der Waals surface area contributed by atoms with E-state index >= 15 is 0 Å². The summed E-state index contributed by atoms with van der Waals surface area (Å²) < 4.78 is 5.42. The second kappa shape index (κ2) is 4.41. The summed E-state index contributed by atoms with van der Waals surface area (Å²) in [4.78, 5) is 25.9. The Bertz CT molecular complexity index is 664. The molecule has 96 valence electrons. The fraction of sp³-hybridized carbons (Fsp3) is 0.0909. The maximum Gasteiger partial charge on any atom is 0.358 e. The van der Waals surface area contributed by atoms with Gasteiger partial charge in [0.2, 0.25) is 0 Å². The predicted octanol–water partition coefficient (Wildman–Crippen LogP) is 0.863. The van der Waals surface area contributed by atoms with E-state index < -0.39 is 5.97 Å². The van der Waals surface area contributed by atoms with Crippen molar-refractivity contribution in [1.29, 1.82) is 0 Å². The van der Waals surface area contributed by atoms with Crippen LogP contribution in [0, 0.1) is 0 Å². The molecule has 8 nitrogen and oxygen atoms in total. The molecule has 0 unspecified atom stereocenters. The van der Waals surface area contributed by atoms with E-state index in [1.807, 2.05) is 0 Å². The monoisotopic (exact) mass is 259 g/mol. The number of carbonyl (C=O) groups is 1. The highest BCUT2D eigenvalue weighted by atomic mass is 16.5. The van der Waals surface area contributed by atoms with Crippen molar-refractivity contribution >= 4 is 17.8 Å². The quantitative estimate of drug-likeness (QED) is 0.737. The van der Waals surface area contributed by atoms with E-state index in [2.05, 4.69) is 25.3 Å². The van der Waals surface area contributed by atoms with Gasteiger partial charge in [-0.15, -0.1) is 0 Å². The molecule has 0 atom stereocenters. The average Bonchev–Trinajstić information content (AvgIpc) is 2.86. The van der Waals surface area contributed by atoms with E-state index in [-0.39, 0.29) is 17.5 Å². The van der Waals surface area contributed by atoms with Crippen molar-refractivity contribution in [3.63, 3.8) is 0 Å². The Kier molecular flexibility index (Phi) is 2.60. The van der Waals surface area contributed by atoms with E-state index in [0.29, 0.717) is 12.4 Å². The lowest BCUT2D eigenvalue weighted by atomic mass is 10.3.